The molecule has 0 aliphatic rings. The molecule has 0 fully saturated rings. The standard InChI is InChI=1S/C87H148O16P2/c1-4-7-10-13-16-19-22-25-28-30-32-34-35-36-37-38-39-40-41-42-43-44-45-47-49-50-53-55-58-61-64-67-70-73-85(90)97-76-82(88)77-99-104(93,94)100-78-83(89)79-101-105(95,96)102-81-84(103-87(92)75-72-69-66-63-60-57-52-27-24-21-18-15-12-9-6-3)80-98-86(91)74-71-68-65-62-59-56-54-51-48-46-33-31-29-26-23-20-17-14-11-8-5-2/h7-8,10-11,16-17,19-20,25-26,28-29,32-34,36-37,39-40,46,51,54,59,62,82-84,88-89H,4-6,9,12-15,18,21-24,27,30-31,35,38,41-45,47-50,52-53,55-58,60-61,63-81H2,1-3H3,(H,93,94)(H,95,96)/b10-7-,11-8-,19-16-,20-17-,28-25-,29-26-,34-32-,37-36-,40-39-,46-33-,54-51-,62-59-. The first-order chi connectivity index (χ1) is 51.2. The van der Waals surface area contributed by atoms with E-state index in [1.54, 1.807) is 0 Å². The maximum Gasteiger partial charge on any atom is 0.472 e. The van der Waals surface area contributed by atoms with Gasteiger partial charge in [0.2, 0.25) is 0 Å². The van der Waals surface area contributed by atoms with E-state index in [4.69, 9.17) is 32.3 Å². The fraction of sp³-hybridized carbons (Fsp3) is 0.690. The van der Waals surface area contributed by atoms with Crippen LogP contribution in [0.5, 0.6) is 0 Å². The van der Waals surface area contributed by atoms with Crippen LogP contribution in [0, 0.1) is 0 Å². The number of phosphoric ester groups is 2. The molecule has 0 aromatic carbocycles. The van der Waals surface area contributed by atoms with E-state index in [-0.39, 0.29) is 19.3 Å². The van der Waals surface area contributed by atoms with Crippen molar-refractivity contribution in [3.05, 3.63) is 146 Å². The molecule has 0 radical (unpaired) electrons. The Morgan fingerprint density at radius 3 is 0.819 bits per heavy atom. The molecule has 0 heterocycles. The number of aliphatic hydroxyl groups excluding tert-OH is 2. The van der Waals surface area contributed by atoms with E-state index >= 15 is 0 Å². The number of ether oxygens (including phenoxy) is 3. The lowest BCUT2D eigenvalue weighted by Crippen LogP contribution is -2.30. The Bertz CT molecular complexity index is 2490. The van der Waals surface area contributed by atoms with Gasteiger partial charge in [-0.15, -0.1) is 0 Å². The lowest BCUT2D eigenvalue weighted by molar-refractivity contribution is -0.161. The lowest BCUT2D eigenvalue weighted by Gasteiger charge is -2.21. The molecule has 16 nitrogen and oxygen atoms in total. The Balaban J connectivity index is 4.50. The first kappa shape index (κ1) is 100. The van der Waals surface area contributed by atoms with E-state index < -0.39 is 91.5 Å². The van der Waals surface area contributed by atoms with Crippen LogP contribution < -0.4 is 0 Å². The number of esters is 3. The van der Waals surface area contributed by atoms with Gasteiger partial charge in [-0.05, 0) is 122 Å². The number of phosphoric acid groups is 2. The fourth-order valence-electron chi connectivity index (χ4n) is 10.9. The monoisotopic (exact) mass is 1510 g/mol. The minimum Gasteiger partial charge on any atom is -0.463 e. The zero-order valence-corrected chi connectivity index (χ0v) is 67.6. The topological polar surface area (TPSA) is 231 Å². The summed E-state index contributed by atoms with van der Waals surface area (Å²) < 4.78 is 61.2. The van der Waals surface area contributed by atoms with Crippen LogP contribution in [0.3, 0.4) is 0 Å². The third kappa shape index (κ3) is 80.3. The SMILES string of the molecule is CC/C=C\C/C=C\C/C=C\C/C=C\C/C=C\C/C=C\CCCCCCCCCCCCCCCCC(=O)OCC(O)COP(=O)(O)OCC(O)COP(=O)(O)OCC(COC(=O)CCCC/C=C\C/C=C\C/C=C\C/C=C\C/C=C\C/C=C\CC)OC(=O)CCCCCCCCCCCCCCCCC. The molecule has 602 valence electrons. The summed E-state index contributed by atoms with van der Waals surface area (Å²) in [6, 6.07) is 0. The highest BCUT2D eigenvalue weighted by Gasteiger charge is 2.29. The Morgan fingerprint density at radius 2 is 0.505 bits per heavy atom. The van der Waals surface area contributed by atoms with Gasteiger partial charge in [-0.2, -0.15) is 0 Å². The number of hydrogen-bond donors (Lipinski definition) is 4. The van der Waals surface area contributed by atoms with Gasteiger partial charge >= 0.3 is 33.6 Å². The molecule has 0 bridgehead atoms. The molecule has 0 aromatic heterocycles. The third-order valence-corrected chi connectivity index (χ3v) is 19.0. The van der Waals surface area contributed by atoms with Crippen LogP contribution in [-0.4, -0.2) is 95.9 Å². The van der Waals surface area contributed by atoms with Crippen molar-refractivity contribution >= 4 is 33.6 Å². The van der Waals surface area contributed by atoms with Gasteiger partial charge in [-0.3, -0.25) is 32.5 Å². The molecule has 105 heavy (non-hydrogen) atoms. The number of carbonyl (C=O) groups is 3. The molecule has 0 saturated heterocycles. The van der Waals surface area contributed by atoms with E-state index in [1.807, 2.05) is 0 Å². The highest BCUT2D eigenvalue weighted by molar-refractivity contribution is 7.47. The molecule has 0 amide bonds. The minimum atomic E-state index is -4.94. The highest BCUT2D eigenvalue weighted by atomic mass is 31.2. The Hall–Kier alpha value is -4.57. The van der Waals surface area contributed by atoms with Crippen molar-refractivity contribution < 1.29 is 75.8 Å². The Labute approximate surface area is 638 Å². The summed E-state index contributed by atoms with van der Waals surface area (Å²) in [6.45, 7) is 2.43. The largest absolute Gasteiger partial charge is 0.472 e. The lowest BCUT2D eigenvalue weighted by atomic mass is 10.0. The predicted octanol–water partition coefficient (Wildman–Crippen LogP) is 24.4. The molecule has 4 N–H and O–H groups in total. The average molecular weight is 1510 g/mol. The van der Waals surface area contributed by atoms with Gasteiger partial charge < -0.3 is 34.2 Å². The zero-order valence-electron chi connectivity index (χ0n) is 65.9. The van der Waals surface area contributed by atoms with Crippen LogP contribution in [0.4, 0.5) is 0 Å². The van der Waals surface area contributed by atoms with Gasteiger partial charge in [0.25, 0.3) is 0 Å². The van der Waals surface area contributed by atoms with E-state index in [1.165, 1.54) is 128 Å². The molecule has 0 aromatic rings. The van der Waals surface area contributed by atoms with Gasteiger partial charge in [0.1, 0.15) is 25.4 Å². The number of rotatable bonds is 77. The van der Waals surface area contributed by atoms with E-state index in [0.717, 1.165) is 141 Å². The summed E-state index contributed by atoms with van der Waals surface area (Å²) in [6.07, 6.45) is 97.6. The molecule has 5 unspecified atom stereocenters. The minimum absolute atomic E-state index is 0.0954. The van der Waals surface area contributed by atoms with Crippen molar-refractivity contribution in [1.29, 1.82) is 0 Å². The van der Waals surface area contributed by atoms with Gasteiger partial charge in [0, 0.05) is 19.3 Å². The van der Waals surface area contributed by atoms with Gasteiger partial charge in [0.05, 0.1) is 26.4 Å². The smallest absolute Gasteiger partial charge is 0.463 e. The molecule has 18 heteroatoms. The van der Waals surface area contributed by atoms with Gasteiger partial charge in [0.15, 0.2) is 6.10 Å². The van der Waals surface area contributed by atoms with Crippen molar-refractivity contribution in [2.24, 2.45) is 0 Å². The van der Waals surface area contributed by atoms with Gasteiger partial charge in [-0.25, -0.2) is 9.13 Å². The normalized spacial score (nSPS) is 14.7. The second-order valence-corrected chi connectivity index (χ2v) is 30.1. The predicted molar refractivity (Wildman–Crippen MR) is 436 cm³/mol. The molecule has 0 aliphatic carbocycles. The maximum absolute atomic E-state index is 13.0. The van der Waals surface area contributed by atoms with Gasteiger partial charge in [-0.1, -0.05) is 334 Å². The summed E-state index contributed by atoms with van der Waals surface area (Å²) in [5, 5.41) is 20.7. The molecule has 0 saturated carbocycles. The second-order valence-electron chi connectivity index (χ2n) is 27.2. The van der Waals surface area contributed by atoms with Crippen molar-refractivity contribution in [3.8, 4) is 0 Å². The average Bonchev–Trinajstić information content (AvgIpc) is 0.940. The summed E-state index contributed by atoms with van der Waals surface area (Å²) in [7, 11) is -9.80. The quantitative estimate of drug-likeness (QED) is 0.0146. The van der Waals surface area contributed by atoms with E-state index in [0.29, 0.717) is 19.3 Å². The molecular formula is C87H148O16P2. The van der Waals surface area contributed by atoms with Crippen LogP contribution >= 0.6 is 15.6 Å². The number of aliphatic hydroxyl groups is 2. The second kappa shape index (κ2) is 79.0. The third-order valence-electron chi connectivity index (χ3n) is 17.1. The van der Waals surface area contributed by atoms with Crippen LogP contribution in [0.2, 0.25) is 0 Å². The Morgan fingerprint density at radius 1 is 0.276 bits per heavy atom. The maximum atomic E-state index is 13.0. The number of unbranched alkanes of at least 4 members (excludes halogenated alkanes) is 30. The van der Waals surface area contributed by atoms with Crippen LogP contribution in [0.25, 0.3) is 0 Å². The van der Waals surface area contributed by atoms with Crippen LogP contribution in [0.15, 0.2) is 146 Å². The molecule has 0 rings (SSSR count). The first-order valence-corrected chi connectivity index (χ1v) is 44.1. The fourth-order valence-corrected chi connectivity index (χ4v) is 12.5. The summed E-state index contributed by atoms with van der Waals surface area (Å²) in [4.78, 5) is 58.7. The van der Waals surface area contributed by atoms with Crippen molar-refractivity contribution in [2.45, 2.75) is 347 Å². The van der Waals surface area contributed by atoms with Crippen LogP contribution in [-0.2, 0) is 55.8 Å². The molecule has 0 aliphatic heterocycles. The summed E-state index contributed by atoms with van der Waals surface area (Å²) in [5.41, 5.74) is 0. The first-order valence-electron chi connectivity index (χ1n) is 41.1. The van der Waals surface area contributed by atoms with E-state index in [2.05, 4.69) is 167 Å². The summed E-state index contributed by atoms with van der Waals surface area (Å²) >= 11 is 0. The molecule has 5 atom stereocenters. The summed E-state index contributed by atoms with van der Waals surface area (Å²) in [5.74, 6) is -1.62. The highest BCUT2D eigenvalue weighted by Crippen LogP contribution is 2.45. The Kier molecular flexibility index (Phi) is 75.6. The van der Waals surface area contributed by atoms with Crippen LogP contribution in [0.1, 0.15) is 329 Å². The molecular weight excluding hydrogens is 1360 g/mol. The number of carbonyl (C=O) groups excluding carboxylic acids is 3. The van der Waals surface area contributed by atoms with E-state index in [9.17, 15) is 43.5 Å². The van der Waals surface area contributed by atoms with Crippen molar-refractivity contribution in [3.63, 3.8) is 0 Å². The number of allylic oxidation sites excluding steroid dienone is 24. The molecule has 0 spiro atoms. The number of hydrogen-bond acceptors (Lipinski definition) is 14. The van der Waals surface area contributed by atoms with Crippen molar-refractivity contribution in [2.75, 3.05) is 39.6 Å². The zero-order chi connectivity index (χ0) is 76.6. The van der Waals surface area contributed by atoms with Crippen molar-refractivity contribution in [1.82, 2.24) is 0 Å².